The van der Waals surface area contributed by atoms with Crippen molar-refractivity contribution >= 4 is 18.9 Å². The summed E-state index contributed by atoms with van der Waals surface area (Å²) in [6.45, 7) is 6.13. The predicted molar refractivity (Wildman–Crippen MR) is 92.9 cm³/mol. The molecule has 2 fully saturated rings. The fraction of sp³-hybridized carbons (Fsp3) is 0.611. The van der Waals surface area contributed by atoms with Crippen molar-refractivity contribution in [2.45, 2.75) is 51.1 Å². The lowest BCUT2D eigenvalue weighted by Crippen LogP contribution is -2.35. The lowest BCUT2D eigenvalue weighted by Gasteiger charge is -2.34. The maximum absolute atomic E-state index is 13.4. The number of hydrogen-bond donors (Lipinski definition) is 1. The van der Waals surface area contributed by atoms with Crippen LogP contribution in [-0.2, 0) is 4.79 Å². The highest BCUT2D eigenvalue weighted by molar-refractivity contribution is 7.78. The van der Waals surface area contributed by atoms with E-state index in [0.717, 1.165) is 29.7 Å². The van der Waals surface area contributed by atoms with E-state index in [1.807, 2.05) is 13.8 Å². The Morgan fingerprint density at radius 3 is 2.18 bits per heavy atom. The molecule has 0 atom stereocenters. The van der Waals surface area contributed by atoms with Crippen molar-refractivity contribution < 1.29 is 9.18 Å². The van der Waals surface area contributed by atoms with Crippen molar-refractivity contribution in [2.75, 3.05) is 24.3 Å². The van der Waals surface area contributed by atoms with Gasteiger partial charge in [0.1, 0.15) is 5.82 Å². The van der Waals surface area contributed by atoms with Gasteiger partial charge in [0, 0.05) is 32.5 Å². The van der Waals surface area contributed by atoms with Crippen LogP contribution in [0.2, 0.25) is 0 Å². The zero-order valence-electron chi connectivity index (χ0n) is 13.8. The third-order valence-electron chi connectivity index (χ3n) is 5.72. The molecule has 1 amide bonds. The normalized spacial score (nSPS) is 22.2. The number of halogens is 1. The van der Waals surface area contributed by atoms with Gasteiger partial charge in [-0.25, -0.2) is 4.39 Å². The summed E-state index contributed by atoms with van der Waals surface area (Å²) in [5, 5.41) is 3.07. The summed E-state index contributed by atoms with van der Waals surface area (Å²) >= 11 is 0. The minimum Gasteiger partial charge on any atom is -0.322 e. The summed E-state index contributed by atoms with van der Waals surface area (Å²) in [6.07, 6.45) is 8.51. The summed E-state index contributed by atoms with van der Waals surface area (Å²) in [4.78, 5) is 13.0. The van der Waals surface area contributed by atoms with Crippen molar-refractivity contribution in [2.24, 2.45) is 0 Å². The smallest absolute Gasteiger partial charge is 0.268 e. The number of benzene rings is 1. The molecule has 2 nitrogen and oxygen atoms in total. The van der Waals surface area contributed by atoms with Crippen LogP contribution >= 0.6 is 7.26 Å². The first-order chi connectivity index (χ1) is 10.4. The van der Waals surface area contributed by atoms with E-state index in [1.165, 1.54) is 43.7 Å². The van der Waals surface area contributed by atoms with Gasteiger partial charge in [-0.3, -0.25) is 4.79 Å². The van der Waals surface area contributed by atoms with Crippen molar-refractivity contribution in [3.63, 3.8) is 0 Å². The summed E-state index contributed by atoms with van der Waals surface area (Å²) < 4.78 is 13.4. The molecular weight excluding hydrogens is 296 g/mol. The van der Waals surface area contributed by atoms with Crippen LogP contribution in [0.3, 0.4) is 0 Å². The summed E-state index contributed by atoms with van der Waals surface area (Å²) in [5.41, 5.74) is 2.43. The van der Waals surface area contributed by atoms with E-state index in [1.54, 1.807) is 0 Å². The van der Waals surface area contributed by atoms with Crippen LogP contribution in [-0.4, -0.2) is 30.1 Å². The molecule has 120 valence electrons. The van der Waals surface area contributed by atoms with E-state index in [2.05, 4.69) is 12.0 Å². The topological polar surface area (TPSA) is 29.1 Å². The molecule has 1 aliphatic heterocycles. The van der Waals surface area contributed by atoms with Crippen molar-refractivity contribution in [1.82, 2.24) is 0 Å². The molecule has 2 aliphatic rings. The summed E-state index contributed by atoms with van der Waals surface area (Å²) in [7, 11) is -1.17. The zero-order chi connectivity index (χ0) is 16.0. The Labute approximate surface area is 133 Å². The molecule has 0 unspecified atom stereocenters. The molecule has 22 heavy (non-hydrogen) atoms. The first-order valence-electron chi connectivity index (χ1n) is 8.31. The van der Waals surface area contributed by atoms with Crippen LogP contribution in [0, 0.1) is 19.7 Å². The first kappa shape index (κ1) is 15.9. The molecule has 4 heteroatoms. The van der Waals surface area contributed by atoms with Gasteiger partial charge in [-0.15, -0.1) is 0 Å². The van der Waals surface area contributed by atoms with Crippen LogP contribution < -0.4 is 5.32 Å². The Morgan fingerprint density at radius 2 is 1.68 bits per heavy atom. The van der Waals surface area contributed by atoms with Gasteiger partial charge in [0.05, 0.1) is 12.3 Å². The highest BCUT2D eigenvalue weighted by Crippen LogP contribution is 2.77. The van der Waals surface area contributed by atoms with Crippen molar-refractivity contribution in [1.29, 1.82) is 0 Å². The van der Waals surface area contributed by atoms with Gasteiger partial charge in [0.15, 0.2) is 5.16 Å². The summed E-state index contributed by atoms with van der Waals surface area (Å²) in [6, 6.07) is 3.00. The molecule has 1 heterocycles. The van der Waals surface area contributed by atoms with Gasteiger partial charge >= 0.3 is 0 Å². The van der Waals surface area contributed by atoms with Gasteiger partial charge < -0.3 is 5.32 Å². The quantitative estimate of drug-likeness (QED) is 0.800. The number of aryl methyl sites for hydroxylation is 2. The second-order valence-corrected chi connectivity index (χ2v) is 11.8. The molecule has 1 saturated heterocycles. The molecular formula is C18H26FNOP+. The molecule has 1 aromatic carbocycles. The van der Waals surface area contributed by atoms with Crippen LogP contribution in [0.1, 0.15) is 43.2 Å². The van der Waals surface area contributed by atoms with Crippen molar-refractivity contribution in [3.8, 4) is 0 Å². The Bertz CT molecular complexity index is 580. The van der Waals surface area contributed by atoms with Crippen LogP contribution in [0.25, 0.3) is 0 Å². The third kappa shape index (κ3) is 2.58. The average molecular weight is 322 g/mol. The number of hydrogen-bond acceptors (Lipinski definition) is 1. The number of amides is 1. The number of anilines is 1. The van der Waals surface area contributed by atoms with Gasteiger partial charge in [-0.05, 0) is 56.4 Å². The molecule has 0 spiro atoms. The third-order valence-corrected chi connectivity index (χ3v) is 11.0. The standard InChI is InChI=1S/C18H25FNOP/c1-13-11-15(19)12-14(2)16(13)20-17(21)18(7-8-18)22(3)9-5-4-6-10-22/h11-12H,4-10H2,1-3H3/p+1. The van der Waals surface area contributed by atoms with Crippen LogP contribution in [0.4, 0.5) is 10.1 Å². The van der Waals surface area contributed by atoms with E-state index in [4.69, 9.17) is 0 Å². The molecule has 1 aliphatic carbocycles. The number of carbonyl (C=O) groups is 1. The Hall–Kier alpha value is -0.950. The van der Waals surface area contributed by atoms with Crippen LogP contribution in [0.5, 0.6) is 0 Å². The second kappa shape index (κ2) is 5.60. The average Bonchev–Trinajstić information content (AvgIpc) is 3.25. The predicted octanol–water partition coefficient (Wildman–Crippen LogP) is 4.74. The number of nitrogens with one attached hydrogen (secondary N) is 1. The van der Waals surface area contributed by atoms with Gasteiger partial charge in [-0.1, -0.05) is 0 Å². The maximum Gasteiger partial charge on any atom is 0.268 e. The molecule has 0 radical (unpaired) electrons. The van der Waals surface area contributed by atoms with E-state index in [9.17, 15) is 9.18 Å². The second-order valence-electron chi connectivity index (χ2n) is 7.30. The number of rotatable bonds is 3. The van der Waals surface area contributed by atoms with Gasteiger partial charge in [0.25, 0.3) is 5.91 Å². The Kier molecular flexibility index (Phi) is 4.05. The van der Waals surface area contributed by atoms with E-state index >= 15 is 0 Å². The molecule has 1 aromatic rings. The SMILES string of the molecule is Cc1cc(F)cc(C)c1NC(=O)C1([P+]2(C)CCCCC2)CC1. The molecule has 1 N–H and O–H groups in total. The lowest BCUT2D eigenvalue weighted by molar-refractivity contribution is -0.116. The van der Waals surface area contributed by atoms with Gasteiger partial charge in [-0.2, -0.15) is 0 Å². The van der Waals surface area contributed by atoms with Crippen LogP contribution in [0.15, 0.2) is 12.1 Å². The monoisotopic (exact) mass is 322 g/mol. The fourth-order valence-electron chi connectivity index (χ4n) is 4.11. The zero-order valence-corrected chi connectivity index (χ0v) is 14.7. The minimum absolute atomic E-state index is 0.0827. The highest BCUT2D eigenvalue weighted by atomic mass is 31.2. The Balaban J connectivity index is 1.83. The minimum atomic E-state index is -1.17. The summed E-state index contributed by atoms with van der Waals surface area (Å²) in [5.74, 6) is -0.0380. The number of carbonyl (C=O) groups excluding carboxylic acids is 1. The fourth-order valence-corrected chi connectivity index (χ4v) is 8.77. The highest BCUT2D eigenvalue weighted by Gasteiger charge is 2.68. The van der Waals surface area contributed by atoms with Gasteiger partial charge in [0.2, 0.25) is 0 Å². The molecule has 1 saturated carbocycles. The van der Waals surface area contributed by atoms with E-state index in [0.29, 0.717) is 0 Å². The molecule has 0 aromatic heterocycles. The van der Waals surface area contributed by atoms with Crippen molar-refractivity contribution in [3.05, 3.63) is 29.1 Å². The lowest BCUT2D eigenvalue weighted by atomic mass is 10.1. The largest absolute Gasteiger partial charge is 0.322 e. The Morgan fingerprint density at radius 1 is 1.14 bits per heavy atom. The first-order valence-corrected chi connectivity index (χ1v) is 10.9. The molecule has 0 bridgehead atoms. The van der Waals surface area contributed by atoms with E-state index in [-0.39, 0.29) is 16.9 Å². The maximum atomic E-state index is 13.4. The van der Waals surface area contributed by atoms with E-state index < -0.39 is 7.26 Å². The molecule has 3 rings (SSSR count).